The Bertz CT molecular complexity index is 446. The third-order valence-electron chi connectivity index (χ3n) is 2.37. The molecule has 1 rings (SSSR count). The van der Waals surface area contributed by atoms with Gasteiger partial charge in [-0.15, -0.1) is 0 Å². The van der Waals surface area contributed by atoms with E-state index in [-0.39, 0.29) is 16.9 Å². The molecule has 0 fully saturated rings. The molecule has 0 aliphatic rings. The van der Waals surface area contributed by atoms with Gasteiger partial charge in [0.2, 0.25) is 0 Å². The van der Waals surface area contributed by atoms with Crippen molar-refractivity contribution >= 4 is 0 Å². The summed E-state index contributed by atoms with van der Waals surface area (Å²) in [6.07, 6.45) is -9.91. The Labute approximate surface area is 104 Å². The Morgan fingerprint density at radius 2 is 1.47 bits per heavy atom. The number of hydrogen-bond acceptors (Lipinski definition) is 2. The first-order chi connectivity index (χ1) is 8.46. The molecular weight excluding hydrogens is 278 g/mol. The molecule has 1 N–H and O–H groups in total. The highest BCUT2D eigenvalue weighted by Gasteiger charge is 2.65. The van der Waals surface area contributed by atoms with Gasteiger partial charge in [-0.1, -0.05) is 0 Å². The molecule has 1 aromatic carbocycles. The summed E-state index contributed by atoms with van der Waals surface area (Å²) in [6.45, 7) is 2.73. The number of ether oxygens (including phenoxy) is 1. The van der Waals surface area contributed by atoms with E-state index in [1.807, 2.05) is 0 Å². The van der Waals surface area contributed by atoms with Crippen LogP contribution in [0.4, 0.5) is 26.3 Å². The van der Waals surface area contributed by atoms with E-state index >= 15 is 0 Å². The van der Waals surface area contributed by atoms with Crippen LogP contribution < -0.4 is 4.74 Å². The molecular formula is C11H10F6O2. The molecule has 0 aliphatic carbocycles. The summed E-state index contributed by atoms with van der Waals surface area (Å²) >= 11 is 0. The van der Waals surface area contributed by atoms with Gasteiger partial charge in [0.1, 0.15) is 11.5 Å². The van der Waals surface area contributed by atoms with Crippen molar-refractivity contribution in [3.05, 3.63) is 23.3 Å². The van der Waals surface area contributed by atoms with Crippen molar-refractivity contribution in [1.29, 1.82) is 0 Å². The average Bonchev–Trinajstić information content (AvgIpc) is 2.24. The predicted octanol–water partition coefficient (Wildman–Crippen LogP) is 3.88. The van der Waals surface area contributed by atoms with Gasteiger partial charge in [-0.25, -0.2) is 0 Å². The van der Waals surface area contributed by atoms with Gasteiger partial charge in [0.25, 0.3) is 0 Å². The summed E-state index contributed by atoms with van der Waals surface area (Å²) in [6, 6.07) is 1.92. The molecule has 0 aromatic heterocycles. The molecule has 1 unspecified atom stereocenters. The SMILES string of the molecule is Cc1cc(OC(F)C(F)(F)C(F)(F)F)cc(C)c1O. The van der Waals surface area contributed by atoms with Crippen molar-refractivity contribution in [3.63, 3.8) is 0 Å². The number of phenols is 1. The topological polar surface area (TPSA) is 29.5 Å². The number of aromatic hydroxyl groups is 1. The lowest BCUT2D eigenvalue weighted by Gasteiger charge is -2.23. The minimum absolute atomic E-state index is 0.164. The maximum absolute atomic E-state index is 13.0. The summed E-state index contributed by atoms with van der Waals surface area (Å²) in [4.78, 5) is 0. The molecule has 2 nitrogen and oxygen atoms in total. The number of aryl methyl sites for hydroxylation is 2. The maximum atomic E-state index is 13.0. The van der Waals surface area contributed by atoms with Gasteiger partial charge >= 0.3 is 18.5 Å². The summed E-state index contributed by atoms with van der Waals surface area (Å²) in [5, 5.41) is 9.38. The molecule has 0 heterocycles. The summed E-state index contributed by atoms with van der Waals surface area (Å²) in [7, 11) is 0. The molecule has 108 valence electrons. The van der Waals surface area contributed by atoms with Crippen molar-refractivity contribution in [2.24, 2.45) is 0 Å². The van der Waals surface area contributed by atoms with E-state index in [1.54, 1.807) is 0 Å². The average molecular weight is 288 g/mol. The second-order valence-electron chi connectivity index (χ2n) is 3.96. The highest BCUT2D eigenvalue weighted by molar-refractivity contribution is 5.44. The molecule has 8 heteroatoms. The van der Waals surface area contributed by atoms with E-state index in [0.29, 0.717) is 0 Å². The van der Waals surface area contributed by atoms with Crippen LogP contribution in [0.2, 0.25) is 0 Å². The highest BCUT2D eigenvalue weighted by atomic mass is 19.4. The Morgan fingerprint density at radius 3 is 1.84 bits per heavy atom. The van der Waals surface area contributed by atoms with Gasteiger partial charge in [-0.05, 0) is 37.1 Å². The van der Waals surface area contributed by atoms with E-state index in [0.717, 1.165) is 12.1 Å². The zero-order chi connectivity index (χ0) is 15.0. The third-order valence-corrected chi connectivity index (χ3v) is 2.37. The van der Waals surface area contributed by atoms with Crippen LogP contribution >= 0.6 is 0 Å². The highest BCUT2D eigenvalue weighted by Crippen LogP contribution is 2.40. The first kappa shape index (κ1) is 15.5. The Morgan fingerprint density at radius 1 is 1.05 bits per heavy atom. The molecule has 0 bridgehead atoms. The zero-order valence-corrected chi connectivity index (χ0v) is 9.86. The second-order valence-corrected chi connectivity index (χ2v) is 3.96. The van der Waals surface area contributed by atoms with E-state index in [1.165, 1.54) is 13.8 Å². The van der Waals surface area contributed by atoms with Gasteiger partial charge < -0.3 is 9.84 Å². The van der Waals surface area contributed by atoms with Crippen LogP contribution in [0.5, 0.6) is 11.5 Å². The minimum atomic E-state index is -6.05. The van der Waals surface area contributed by atoms with Crippen LogP contribution in [0, 0.1) is 13.8 Å². The number of alkyl halides is 6. The maximum Gasteiger partial charge on any atom is 0.460 e. The number of halogens is 6. The molecule has 1 atom stereocenters. The molecule has 0 spiro atoms. The Kier molecular flexibility index (Phi) is 3.92. The molecule has 1 aromatic rings. The van der Waals surface area contributed by atoms with Crippen LogP contribution in [0.3, 0.4) is 0 Å². The molecule has 0 aliphatic heterocycles. The van der Waals surface area contributed by atoms with Crippen LogP contribution in [-0.2, 0) is 0 Å². The first-order valence-corrected chi connectivity index (χ1v) is 5.02. The van der Waals surface area contributed by atoms with Crippen LogP contribution in [0.25, 0.3) is 0 Å². The van der Waals surface area contributed by atoms with E-state index in [9.17, 15) is 31.4 Å². The van der Waals surface area contributed by atoms with E-state index in [4.69, 9.17) is 0 Å². The lowest BCUT2D eigenvalue weighted by molar-refractivity contribution is -0.328. The van der Waals surface area contributed by atoms with E-state index < -0.39 is 24.2 Å². The normalized spacial score (nSPS) is 14.3. The standard InChI is InChI=1S/C11H10F6O2/c1-5-3-7(4-6(2)8(5)18)19-9(12)10(13,14)11(15,16)17/h3-4,9,18H,1-2H3. The lowest BCUT2D eigenvalue weighted by Crippen LogP contribution is -2.47. The molecule has 0 saturated heterocycles. The Balaban J connectivity index is 2.98. The van der Waals surface area contributed by atoms with E-state index in [2.05, 4.69) is 4.74 Å². The summed E-state index contributed by atoms with van der Waals surface area (Å²) < 4.78 is 77.9. The number of benzene rings is 1. The zero-order valence-electron chi connectivity index (χ0n) is 9.86. The van der Waals surface area contributed by atoms with Crippen LogP contribution in [0.1, 0.15) is 11.1 Å². The van der Waals surface area contributed by atoms with Gasteiger partial charge in [0.15, 0.2) is 0 Å². The van der Waals surface area contributed by atoms with Gasteiger partial charge in [0.05, 0.1) is 0 Å². The van der Waals surface area contributed by atoms with Gasteiger partial charge in [-0.2, -0.15) is 26.3 Å². The van der Waals surface area contributed by atoms with Gasteiger partial charge in [0, 0.05) is 0 Å². The first-order valence-electron chi connectivity index (χ1n) is 5.02. The van der Waals surface area contributed by atoms with Crippen molar-refractivity contribution in [2.75, 3.05) is 0 Å². The molecule has 0 amide bonds. The number of hydrogen-bond donors (Lipinski definition) is 1. The fraction of sp³-hybridized carbons (Fsp3) is 0.455. The lowest BCUT2D eigenvalue weighted by atomic mass is 10.1. The fourth-order valence-electron chi connectivity index (χ4n) is 1.31. The third kappa shape index (κ3) is 3.05. The smallest absolute Gasteiger partial charge is 0.460 e. The number of rotatable bonds is 3. The van der Waals surface area contributed by atoms with Crippen molar-refractivity contribution < 1.29 is 36.2 Å². The summed E-state index contributed by atoms with van der Waals surface area (Å²) in [5.74, 6) is -6.32. The van der Waals surface area contributed by atoms with Crippen LogP contribution in [0.15, 0.2) is 12.1 Å². The monoisotopic (exact) mass is 288 g/mol. The minimum Gasteiger partial charge on any atom is -0.507 e. The van der Waals surface area contributed by atoms with Crippen molar-refractivity contribution in [3.8, 4) is 11.5 Å². The summed E-state index contributed by atoms with van der Waals surface area (Å²) in [5.41, 5.74) is 0.329. The van der Waals surface area contributed by atoms with Crippen molar-refractivity contribution in [1.82, 2.24) is 0 Å². The van der Waals surface area contributed by atoms with Crippen molar-refractivity contribution in [2.45, 2.75) is 32.3 Å². The predicted molar refractivity (Wildman–Crippen MR) is 54.1 cm³/mol. The van der Waals surface area contributed by atoms with Crippen LogP contribution in [-0.4, -0.2) is 23.6 Å². The molecule has 0 saturated carbocycles. The second kappa shape index (κ2) is 4.82. The largest absolute Gasteiger partial charge is 0.507 e. The fourth-order valence-corrected chi connectivity index (χ4v) is 1.31. The molecule has 0 radical (unpaired) electrons. The Hall–Kier alpha value is -1.60. The quantitative estimate of drug-likeness (QED) is 0.855. The van der Waals surface area contributed by atoms with Gasteiger partial charge in [-0.3, -0.25) is 0 Å². The number of phenolic OH excluding ortho intramolecular Hbond substituents is 1. The molecule has 19 heavy (non-hydrogen) atoms.